The van der Waals surface area contributed by atoms with Crippen molar-refractivity contribution >= 4 is 41.0 Å². The van der Waals surface area contributed by atoms with Gasteiger partial charge in [0.15, 0.2) is 0 Å². The number of rotatable bonds is 11. The van der Waals surface area contributed by atoms with Gasteiger partial charge in [-0.25, -0.2) is 0 Å². The van der Waals surface area contributed by atoms with E-state index in [-0.39, 0.29) is 32.3 Å². The van der Waals surface area contributed by atoms with Gasteiger partial charge < -0.3 is 20.4 Å². The van der Waals surface area contributed by atoms with Crippen LogP contribution in [0, 0.1) is 0 Å². The minimum Gasteiger partial charge on any atom is -0.480 e. The minimum absolute atomic E-state index is 0.0960. The van der Waals surface area contributed by atoms with Crippen LogP contribution in [0.1, 0.15) is 5.56 Å². The van der Waals surface area contributed by atoms with E-state index in [2.05, 4.69) is 22.4 Å². The summed E-state index contributed by atoms with van der Waals surface area (Å²) in [5.41, 5.74) is 1.61. The molecule has 0 aromatic heterocycles. The molecule has 0 spiro atoms. The summed E-state index contributed by atoms with van der Waals surface area (Å²) in [6.45, 7) is 2.22. The van der Waals surface area contributed by atoms with Crippen LogP contribution >= 0.6 is 12.2 Å². The molecule has 1 aromatic carbocycles. The average molecular weight is 538 g/mol. The maximum atomic E-state index is 11.8. The number of aliphatic imine (C=N–C) groups is 1. The third-order valence-corrected chi connectivity index (χ3v) is 6.30. The second kappa shape index (κ2) is 16.2. The molecule has 0 radical (unpaired) electrons. The number of hydrogen-bond acceptors (Lipinski definition) is 10. The molecule has 1 aromatic rings. The Balaban J connectivity index is 2.36. The summed E-state index contributed by atoms with van der Waals surface area (Å²) in [6.07, 6.45) is 0.508. The van der Waals surface area contributed by atoms with Gasteiger partial charge in [0.1, 0.15) is 0 Å². The maximum Gasteiger partial charge on any atom is 0.317 e. The zero-order valence-corrected chi connectivity index (χ0v) is 21.6. The first kappa shape index (κ1) is 30.5. The van der Waals surface area contributed by atoms with Crippen molar-refractivity contribution in [2.24, 2.45) is 4.99 Å². The van der Waals surface area contributed by atoms with Gasteiger partial charge in [-0.1, -0.05) is 12.1 Å². The van der Waals surface area contributed by atoms with Crippen molar-refractivity contribution in [3.8, 4) is 0 Å². The molecule has 1 saturated heterocycles. The van der Waals surface area contributed by atoms with Gasteiger partial charge in [-0.3, -0.25) is 34.0 Å². The Hall–Kier alpha value is -2.77. The SMILES string of the molecule is O=C(O)CN1CCN(CC(=O)O)CCN(CC(=O)O)C(Cc2ccc(N=C=S)cc2)CN(CCO)CC1. The molecule has 2 rings (SSSR count). The minimum atomic E-state index is -1.01. The van der Waals surface area contributed by atoms with Crippen molar-refractivity contribution < 1.29 is 34.8 Å². The Kier molecular flexibility index (Phi) is 13.3. The van der Waals surface area contributed by atoms with Gasteiger partial charge >= 0.3 is 17.9 Å². The largest absolute Gasteiger partial charge is 0.480 e. The molecule has 0 bridgehead atoms. The molecule has 1 fully saturated rings. The number of nitrogens with zero attached hydrogens (tertiary/aromatic N) is 5. The van der Waals surface area contributed by atoms with E-state index in [1.165, 1.54) is 0 Å². The van der Waals surface area contributed by atoms with Crippen LogP contribution in [-0.2, 0) is 20.8 Å². The molecular formula is C24H35N5O7S. The van der Waals surface area contributed by atoms with E-state index in [4.69, 9.17) is 0 Å². The Morgan fingerprint density at radius 1 is 0.838 bits per heavy atom. The Bertz CT molecular complexity index is 942. The average Bonchev–Trinajstić information content (AvgIpc) is 2.82. The third-order valence-electron chi connectivity index (χ3n) is 6.21. The van der Waals surface area contributed by atoms with Crippen molar-refractivity contribution in [1.82, 2.24) is 19.6 Å². The highest BCUT2D eigenvalue weighted by molar-refractivity contribution is 7.78. The van der Waals surface area contributed by atoms with Gasteiger partial charge in [-0.05, 0) is 36.3 Å². The summed E-state index contributed by atoms with van der Waals surface area (Å²) in [4.78, 5) is 45.9. The van der Waals surface area contributed by atoms with Crippen LogP contribution in [0.2, 0.25) is 0 Å². The number of β-amino-alcohol motifs (C(OH)–C–C–N with tert-alkyl or cyclic N) is 1. The van der Waals surface area contributed by atoms with Crippen molar-refractivity contribution in [3.05, 3.63) is 29.8 Å². The molecule has 0 saturated carbocycles. The lowest BCUT2D eigenvalue weighted by atomic mass is 10.0. The number of aliphatic hydroxyl groups is 1. The number of aliphatic hydroxyl groups excluding tert-OH is 1. The number of hydrogen-bond donors (Lipinski definition) is 4. The monoisotopic (exact) mass is 537 g/mol. The summed E-state index contributed by atoms with van der Waals surface area (Å²) in [7, 11) is 0. The molecule has 1 unspecified atom stereocenters. The van der Waals surface area contributed by atoms with Gasteiger partial charge in [0, 0.05) is 58.4 Å². The molecule has 13 heteroatoms. The number of thiocarbonyl (C=S) groups is 1. The first-order valence-electron chi connectivity index (χ1n) is 12.0. The van der Waals surface area contributed by atoms with Gasteiger partial charge in [0.05, 0.1) is 37.1 Å². The fourth-order valence-electron chi connectivity index (χ4n) is 4.40. The number of carbonyl (C=O) groups is 3. The van der Waals surface area contributed by atoms with E-state index in [1.807, 2.05) is 21.9 Å². The fraction of sp³-hybridized carbons (Fsp3) is 0.583. The number of carboxylic acids is 3. The highest BCUT2D eigenvalue weighted by atomic mass is 32.1. The lowest BCUT2D eigenvalue weighted by Crippen LogP contribution is -2.53. The summed E-state index contributed by atoms with van der Waals surface area (Å²) in [5, 5.41) is 40.3. The molecule has 1 heterocycles. The van der Waals surface area contributed by atoms with Gasteiger partial charge in [0.25, 0.3) is 0 Å². The maximum absolute atomic E-state index is 11.8. The number of carboxylic acid groups (broad SMARTS) is 3. The van der Waals surface area contributed by atoms with Gasteiger partial charge in [0.2, 0.25) is 0 Å². The molecule has 12 nitrogen and oxygen atoms in total. The number of benzene rings is 1. The van der Waals surface area contributed by atoms with Crippen molar-refractivity contribution in [3.63, 3.8) is 0 Å². The van der Waals surface area contributed by atoms with E-state index in [1.54, 1.807) is 21.9 Å². The van der Waals surface area contributed by atoms with Gasteiger partial charge in [-0.15, -0.1) is 0 Å². The van der Waals surface area contributed by atoms with Crippen LogP contribution in [0.3, 0.4) is 0 Å². The lowest BCUT2D eigenvalue weighted by Gasteiger charge is -2.38. The van der Waals surface area contributed by atoms with E-state index >= 15 is 0 Å². The van der Waals surface area contributed by atoms with Crippen molar-refractivity contribution in [2.75, 3.05) is 78.6 Å². The normalized spacial score (nSPS) is 19.3. The molecule has 1 aliphatic heterocycles. The van der Waals surface area contributed by atoms with E-state index in [0.717, 1.165) is 5.56 Å². The Morgan fingerprint density at radius 2 is 1.35 bits per heavy atom. The predicted octanol–water partition coefficient (Wildman–Crippen LogP) is -0.200. The summed E-state index contributed by atoms with van der Waals surface area (Å²) in [6, 6.07) is 7.12. The predicted molar refractivity (Wildman–Crippen MR) is 140 cm³/mol. The van der Waals surface area contributed by atoms with Crippen molar-refractivity contribution in [2.45, 2.75) is 12.5 Å². The van der Waals surface area contributed by atoms with Crippen LogP contribution < -0.4 is 0 Å². The number of aliphatic carboxylic acids is 3. The van der Waals surface area contributed by atoms with Crippen LogP contribution in [-0.4, -0.2) is 148 Å². The molecule has 0 aliphatic carbocycles. The lowest BCUT2D eigenvalue weighted by molar-refractivity contribution is -0.141. The zero-order chi connectivity index (χ0) is 27.2. The zero-order valence-electron chi connectivity index (χ0n) is 20.7. The Morgan fingerprint density at radius 3 is 1.84 bits per heavy atom. The molecule has 1 aliphatic rings. The number of isothiocyanates is 1. The molecular weight excluding hydrogens is 502 g/mol. The topological polar surface area (TPSA) is 157 Å². The second-order valence-electron chi connectivity index (χ2n) is 8.96. The van der Waals surface area contributed by atoms with Gasteiger partial charge in [-0.2, -0.15) is 4.99 Å². The summed E-state index contributed by atoms with van der Waals surface area (Å²) >= 11 is 4.65. The van der Waals surface area contributed by atoms with Crippen LogP contribution in [0.4, 0.5) is 5.69 Å². The molecule has 0 amide bonds. The third kappa shape index (κ3) is 11.9. The molecule has 37 heavy (non-hydrogen) atoms. The van der Waals surface area contributed by atoms with E-state index < -0.39 is 17.9 Å². The quantitative estimate of drug-likeness (QED) is 0.218. The molecule has 204 valence electrons. The fourth-order valence-corrected chi connectivity index (χ4v) is 4.50. The first-order valence-corrected chi connectivity index (χ1v) is 12.4. The molecule has 1 atom stereocenters. The first-order chi connectivity index (χ1) is 17.7. The second-order valence-corrected chi connectivity index (χ2v) is 9.14. The van der Waals surface area contributed by atoms with Crippen LogP contribution in [0.25, 0.3) is 0 Å². The highest BCUT2D eigenvalue weighted by Gasteiger charge is 2.26. The molecule has 4 N–H and O–H groups in total. The van der Waals surface area contributed by atoms with Crippen LogP contribution in [0.5, 0.6) is 0 Å². The van der Waals surface area contributed by atoms with E-state index in [9.17, 15) is 34.8 Å². The summed E-state index contributed by atoms with van der Waals surface area (Å²) in [5.74, 6) is -2.97. The van der Waals surface area contributed by atoms with Crippen molar-refractivity contribution in [1.29, 1.82) is 0 Å². The Labute approximate surface area is 221 Å². The highest BCUT2D eigenvalue weighted by Crippen LogP contribution is 2.17. The smallest absolute Gasteiger partial charge is 0.317 e. The summed E-state index contributed by atoms with van der Waals surface area (Å²) < 4.78 is 0. The van der Waals surface area contributed by atoms with E-state index in [0.29, 0.717) is 64.5 Å². The standard InChI is InChI=1S/C24H35N5O7S/c30-12-11-28-8-7-26(15-22(31)32)5-6-27(16-23(33)34)9-10-29(17-24(35)36)21(14-28)13-19-1-3-20(4-2-19)25-18-37/h1-4,21,30H,5-17H2,(H,31,32)(H,33,34)(H,35,36). The van der Waals surface area contributed by atoms with Crippen LogP contribution in [0.15, 0.2) is 29.3 Å².